The summed E-state index contributed by atoms with van der Waals surface area (Å²) in [6, 6.07) is 26.3. The van der Waals surface area contributed by atoms with Crippen LogP contribution < -0.4 is 10.3 Å². The van der Waals surface area contributed by atoms with Gasteiger partial charge in [0, 0.05) is 24.2 Å². The van der Waals surface area contributed by atoms with Gasteiger partial charge in [0.25, 0.3) is 5.56 Å². The molecule has 0 saturated heterocycles. The minimum atomic E-state index is -0.108. The summed E-state index contributed by atoms with van der Waals surface area (Å²) in [5, 5.41) is 13.9. The molecule has 8 nitrogen and oxygen atoms in total. The number of nitrogens with zero attached hydrogens (tertiary/aromatic N) is 5. The zero-order chi connectivity index (χ0) is 27.2. The summed E-state index contributed by atoms with van der Waals surface area (Å²) in [5.74, 6) is 1.59. The summed E-state index contributed by atoms with van der Waals surface area (Å²) in [7, 11) is 1.66. The van der Waals surface area contributed by atoms with Crippen LogP contribution in [0.25, 0.3) is 10.9 Å². The summed E-state index contributed by atoms with van der Waals surface area (Å²) in [5.41, 5.74) is 4.96. The number of H-pyrrole nitrogens is 1. The number of hydrogen-bond acceptors (Lipinski definition) is 6. The molecule has 1 N–H and O–H groups in total. The lowest BCUT2D eigenvalue weighted by Crippen LogP contribution is -2.32. The van der Waals surface area contributed by atoms with Crippen molar-refractivity contribution in [2.24, 2.45) is 0 Å². The fraction of sp³-hybridized carbons (Fsp3) is 0.290. The van der Waals surface area contributed by atoms with Gasteiger partial charge < -0.3 is 9.72 Å². The highest BCUT2D eigenvalue weighted by atomic mass is 16.5. The van der Waals surface area contributed by atoms with E-state index >= 15 is 0 Å². The van der Waals surface area contributed by atoms with E-state index in [1.807, 2.05) is 47.1 Å². The number of rotatable bonds is 11. The molecule has 0 aliphatic carbocycles. The molecule has 0 aliphatic heterocycles. The standard InChI is InChI=1S/C31H34N6O2/c1-4-22-13-16-28-25(17-22)18-26(31(38)32-28)21-36(19-24-11-14-27(39-3)15-12-24)29(5-2)30-33-34-35-37(30)20-23-9-7-6-8-10-23/h6-18,29H,4-5,19-21H2,1-3H3,(H,32,38)/t29-/m1/s1. The normalized spacial score (nSPS) is 12.2. The average Bonchev–Trinajstić information content (AvgIpc) is 3.42. The molecule has 0 amide bonds. The monoisotopic (exact) mass is 522 g/mol. The SMILES string of the molecule is CCc1ccc2[nH]c(=O)c(CN(Cc3ccc(OC)cc3)[C@H](CC)c3nnnn3Cc3ccccc3)cc2c1. The van der Waals surface area contributed by atoms with Gasteiger partial charge in [-0.2, -0.15) is 0 Å². The minimum Gasteiger partial charge on any atom is -0.497 e. The first-order valence-corrected chi connectivity index (χ1v) is 13.4. The van der Waals surface area contributed by atoms with E-state index in [0.717, 1.165) is 46.4 Å². The van der Waals surface area contributed by atoms with Gasteiger partial charge in [-0.05, 0) is 75.7 Å². The van der Waals surface area contributed by atoms with E-state index in [4.69, 9.17) is 4.74 Å². The molecule has 8 heteroatoms. The molecule has 1 atom stereocenters. The molecule has 2 aromatic heterocycles. The molecule has 3 aromatic carbocycles. The second-order valence-corrected chi connectivity index (χ2v) is 9.76. The van der Waals surface area contributed by atoms with E-state index in [1.165, 1.54) is 5.56 Å². The topological polar surface area (TPSA) is 88.9 Å². The van der Waals surface area contributed by atoms with Gasteiger partial charge in [0.2, 0.25) is 0 Å². The van der Waals surface area contributed by atoms with Crippen molar-refractivity contribution < 1.29 is 4.74 Å². The number of aryl methyl sites for hydroxylation is 1. The largest absolute Gasteiger partial charge is 0.497 e. The molecule has 0 radical (unpaired) electrons. The van der Waals surface area contributed by atoms with Crippen LogP contribution in [0.1, 0.15) is 54.4 Å². The molecule has 200 valence electrons. The smallest absolute Gasteiger partial charge is 0.252 e. The number of pyridine rings is 1. The highest BCUT2D eigenvalue weighted by Crippen LogP contribution is 2.27. The van der Waals surface area contributed by atoms with Gasteiger partial charge in [0.1, 0.15) is 5.75 Å². The highest BCUT2D eigenvalue weighted by molar-refractivity contribution is 5.79. The molecule has 0 unspecified atom stereocenters. The maximum atomic E-state index is 13.2. The van der Waals surface area contributed by atoms with Gasteiger partial charge in [-0.25, -0.2) is 4.68 Å². The third-order valence-corrected chi connectivity index (χ3v) is 7.17. The van der Waals surface area contributed by atoms with Gasteiger partial charge in [-0.15, -0.1) is 5.10 Å². The quantitative estimate of drug-likeness (QED) is 0.254. The molecule has 5 aromatic rings. The lowest BCUT2D eigenvalue weighted by Gasteiger charge is -2.30. The number of aromatic amines is 1. The zero-order valence-corrected chi connectivity index (χ0v) is 22.7. The summed E-state index contributed by atoms with van der Waals surface area (Å²) in [4.78, 5) is 18.6. The van der Waals surface area contributed by atoms with Crippen LogP contribution in [0.5, 0.6) is 5.75 Å². The number of nitrogens with one attached hydrogen (secondary N) is 1. The maximum Gasteiger partial charge on any atom is 0.252 e. The van der Waals surface area contributed by atoms with Crippen molar-refractivity contribution in [3.63, 3.8) is 0 Å². The van der Waals surface area contributed by atoms with E-state index < -0.39 is 0 Å². The molecular formula is C31H34N6O2. The predicted molar refractivity (Wildman–Crippen MR) is 153 cm³/mol. The average molecular weight is 523 g/mol. The lowest BCUT2D eigenvalue weighted by molar-refractivity contribution is 0.161. The number of benzene rings is 3. The number of ether oxygens (including phenoxy) is 1. The van der Waals surface area contributed by atoms with E-state index in [-0.39, 0.29) is 11.6 Å². The van der Waals surface area contributed by atoms with E-state index in [0.29, 0.717) is 25.2 Å². The van der Waals surface area contributed by atoms with Crippen LogP contribution in [-0.4, -0.2) is 37.2 Å². The highest BCUT2D eigenvalue weighted by Gasteiger charge is 2.26. The van der Waals surface area contributed by atoms with Crippen molar-refractivity contribution in [2.75, 3.05) is 7.11 Å². The minimum absolute atomic E-state index is 0.0785. The number of tetrazole rings is 1. The van der Waals surface area contributed by atoms with Gasteiger partial charge in [-0.1, -0.05) is 62.4 Å². The van der Waals surface area contributed by atoms with Crippen molar-refractivity contribution in [3.8, 4) is 5.75 Å². The first-order chi connectivity index (χ1) is 19.1. The predicted octanol–water partition coefficient (Wildman–Crippen LogP) is 5.29. The van der Waals surface area contributed by atoms with Gasteiger partial charge in [0.05, 0.1) is 19.7 Å². The lowest BCUT2D eigenvalue weighted by atomic mass is 10.1. The van der Waals surface area contributed by atoms with Crippen molar-refractivity contribution in [2.45, 2.75) is 52.4 Å². The second kappa shape index (κ2) is 12.0. The van der Waals surface area contributed by atoms with Gasteiger partial charge in [0.15, 0.2) is 5.82 Å². The summed E-state index contributed by atoms with van der Waals surface area (Å²) < 4.78 is 7.22. The van der Waals surface area contributed by atoms with E-state index in [9.17, 15) is 4.79 Å². The Morgan fingerprint density at radius 1 is 0.923 bits per heavy atom. The number of fused-ring (bicyclic) bond motifs is 1. The van der Waals surface area contributed by atoms with Crippen molar-refractivity contribution in [3.05, 3.63) is 117 Å². The molecule has 39 heavy (non-hydrogen) atoms. The maximum absolute atomic E-state index is 13.2. The van der Waals surface area contributed by atoms with Crippen LogP contribution in [0.3, 0.4) is 0 Å². The third kappa shape index (κ3) is 6.07. The van der Waals surface area contributed by atoms with Crippen molar-refractivity contribution >= 4 is 10.9 Å². The van der Waals surface area contributed by atoms with E-state index in [2.05, 4.69) is 75.7 Å². The Morgan fingerprint density at radius 2 is 1.69 bits per heavy atom. The molecule has 0 aliphatic rings. The van der Waals surface area contributed by atoms with Crippen LogP contribution >= 0.6 is 0 Å². The Balaban J connectivity index is 1.52. The fourth-order valence-corrected chi connectivity index (χ4v) is 5.02. The van der Waals surface area contributed by atoms with Crippen LogP contribution in [0.4, 0.5) is 0 Å². The number of aromatic nitrogens is 5. The van der Waals surface area contributed by atoms with E-state index in [1.54, 1.807) is 7.11 Å². The number of hydrogen-bond donors (Lipinski definition) is 1. The molecule has 0 saturated carbocycles. The summed E-state index contributed by atoms with van der Waals surface area (Å²) in [6.07, 6.45) is 1.72. The Morgan fingerprint density at radius 3 is 2.41 bits per heavy atom. The first-order valence-electron chi connectivity index (χ1n) is 13.4. The summed E-state index contributed by atoms with van der Waals surface area (Å²) >= 11 is 0. The molecule has 0 spiro atoms. The van der Waals surface area contributed by atoms with Crippen LogP contribution in [0.2, 0.25) is 0 Å². The zero-order valence-electron chi connectivity index (χ0n) is 22.7. The molecular weight excluding hydrogens is 488 g/mol. The summed E-state index contributed by atoms with van der Waals surface area (Å²) in [6.45, 7) is 5.91. The van der Waals surface area contributed by atoms with Crippen LogP contribution in [0, 0.1) is 0 Å². The fourth-order valence-electron chi connectivity index (χ4n) is 5.02. The molecule has 2 heterocycles. The Hall–Kier alpha value is -4.30. The first kappa shape index (κ1) is 26.3. The molecule has 0 fully saturated rings. The molecule has 5 rings (SSSR count). The Labute approximate surface area is 228 Å². The van der Waals surface area contributed by atoms with Gasteiger partial charge >= 0.3 is 0 Å². The van der Waals surface area contributed by atoms with Crippen LogP contribution in [0.15, 0.2) is 83.7 Å². The van der Waals surface area contributed by atoms with Crippen molar-refractivity contribution in [1.29, 1.82) is 0 Å². The van der Waals surface area contributed by atoms with Crippen molar-refractivity contribution in [1.82, 2.24) is 30.1 Å². The Kier molecular flexibility index (Phi) is 8.13. The number of methoxy groups -OCH3 is 1. The third-order valence-electron chi connectivity index (χ3n) is 7.17. The Bertz CT molecular complexity index is 1580. The van der Waals surface area contributed by atoms with Crippen LogP contribution in [-0.2, 0) is 26.1 Å². The molecule has 0 bridgehead atoms. The van der Waals surface area contributed by atoms with Gasteiger partial charge in [-0.3, -0.25) is 9.69 Å². The second-order valence-electron chi connectivity index (χ2n) is 9.76.